The minimum absolute atomic E-state index is 0. The standard InChI is InChI=1S/C18H34O3.Na.H2O/c1-2-3-4-11-14-17(19)15-12-9-7-5-6-8-10-13-16-18(20)21;;/h9,12,17,19H,2-8,10-11,13-16H2,1H3,(H,20,21);;1H2/q;+1;/p-1/b12-9-;;/t17-;;/m1../s1. The van der Waals surface area contributed by atoms with Gasteiger partial charge in [-0.05, 0) is 38.5 Å². The van der Waals surface area contributed by atoms with Crippen LogP contribution in [0.15, 0.2) is 12.2 Å². The first-order valence-corrected chi connectivity index (χ1v) is 8.69. The number of carbonyl (C=O) groups is 1. The molecule has 1 atom stereocenters. The van der Waals surface area contributed by atoms with E-state index in [9.17, 15) is 15.0 Å². The van der Waals surface area contributed by atoms with Crippen LogP contribution in [0.3, 0.4) is 0 Å². The van der Waals surface area contributed by atoms with Crippen molar-refractivity contribution >= 4 is 5.97 Å². The minimum atomic E-state index is -0.939. The Morgan fingerprint density at radius 2 is 1.61 bits per heavy atom. The van der Waals surface area contributed by atoms with Crippen LogP contribution in [0, 0.1) is 0 Å². The molecule has 0 bridgehead atoms. The molecule has 0 aromatic carbocycles. The normalized spacial score (nSPS) is 11.7. The number of carboxylic acid groups (broad SMARTS) is 1. The summed E-state index contributed by atoms with van der Waals surface area (Å²) in [5, 5.41) is 20.0. The van der Waals surface area contributed by atoms with Gasteiger partial charge in [-0.2, -0.15) is 0 Å². The van der Waals surface area contributed by atoms with Gasteiger partial charge < -0.3 is 20.5 Å². The van der Waals surface area contributed by atoms with Crippen molar-refractivity contribution in [3.63, 3.8) is 0 Å². The smallest absolute Gasteiger partial charge is 0.550 e. The van der Waals surface area contributed by atoms with Crippen LogP contribution in [0.4, 0.5) is 0 Å². The van der Waals surface area contributed by atoms with Gasteiger partial charge in [0.2, 0.25) is 0 Å². The van der Waals surface area contributed by atoms with Crippen LogP contribution in [0.1, 0.15) is 90.4 Å². The fraction of sp³-hybridized carbons (Fsp3) is 0.833. The molecule has 0 aromatic rings. The number of allylic oxidation sites excluding steroid dienone is 1. The molecule has 0 spiro atoms. The SMILES string of the molecule is CCCCCC[C@@H](O)C/C=C\CCCCCCCC(=O)[O-].O.[Na+]. The second-order valence-electron chi connectivity index (χ2n) is 5.89. The average molecular weight is 338 g/mol. The second-order valence-corrected chi connectivity index (χ2v) is 5.89. The Morgan fingerprint density at radius 1 is 1.00 bits per heavy atom. The fourth-order valence-corrected chi connectivity index (χ4v) is 2.36. The van der Waals surface area contributed by atoms with Gasteiger partial charge in [0.25, 0.3) is 0 Å². The molecule has 0 aliphatic rings. The monoisotopic (exact) mass is 338 g/mol. The Hall–Kier alpha value is 0.130. The molecular formula is C18H35NaO4. The summed E-state index contributed by atoms with van der Waals surface area (Å²) in [6.07, 6.45) is 17.0. The van der Waals surface area contributed by atoms with Crippen molar-refractivity contribution in [3.8, 4) is 0 Å². The van der Waals surface area contributed by atoms with Gasteiger partial charge in [-0.1, -0.05) is 64.0 Å². The molecule has 0 unspecified atom stereocenters. The second kappa shape index (κ2) is 22.1. The number of carbonyl (C=O) groups excluding carboxylic acids is 1. The van der Waals surface area contributed by atoms with E-state index in [0.29, 0.717) is 0 Å². The summed E-state index contributed by atoms with van der Waals surface area (Å²) in [5.41, 5.74) is 0. The molecule has 0 heterocycles. The molecule has 5 heteroatoms. The van der Waals surface area contributed by atoms with Crippen molar-refractivity contribution in [1.29, 1.82) is 0 Å². The largest absolute Gasteiger partial charge is 1.00 e. The molecule has 0 rings (SSSR count). The van der Waals surface area contributed by atoms with Gasteiger partial charge in [0.1, 0.15) is 0 Å². The Morgan fingerprint density at radius 3 is 2.26 bits per heavy atom. The molecule has 0 saturated heterocycles. The van der Waals surface area contributed by atoms with Crippen molar-refractivity contribution in [3.05, 3.63) is 12.2 Å². The number of carboxylic acids is 1. The van der Waals surface area contributed by atoms with Crippen molar-refractivity contribution < 1.29 is 50.0 Å². The molecule has 132 valence electrons. The van der Waals surface area contributed by atoms with E-state index in [0.717, 1.165) is 57.8 Å². The van der Waals surface area contributed by atoms with Crippen LogP contribution in [0.2, 0.25) is 0 Å². The number of hydrogen-bond acceptors (Lipinski definition) is 3. The van der Waals surface area contributed by atoms with Gasteiger partial charge in [-0.25, -0.2) is 0 Å². The summed E-state index contributed by atoms with van der Waals surface area (Å²) in [6.45, 7) is 2.20. The van der Waals surface area contributed by atoms with Crippen molar-refractivity contribution in [2.45, 2.75) is 96.5 Å². The van der Waals surface area contributed by atoms with Crippen molar-refractivity contribution in [1.82, 2.24) is 0 Å². The number of aliphatic hydroxyl groups excluding tert-OH is 1. The summed E-state index contributed by atoms with van der Waals surface area (Å²) < 4.78 is 0. The molecule has 0 radical (unpaired) electrons. The van der Waals surface area contributed by atoms with Crippen LogP contribution in [0.5, 0.6) is 0 Å². The van der Waals surface area contributed by atoms with Gasteiger partial charge in [0.05, 0.1) is 6.10 Å². The van der Waals surface area contributed by atoms with E-state index in [1.807, 2.05) is 0 Å². The maximum atomic E-state index is 10.2. The van der Waals surface area contributed by atoms with E-state index in [4.69, 9.17) is 0 Å². The molecule has 0 saturated carbocycles. The molecule has 0 amide bonds. The van der Waals surface area contributed by atoms with Crippen LogP contribution < -0.4 is 34.7 Å². The zero-order valence-corrected chi connectivity index (χ0v) is 17.2. The third kappa shape index (κ3) is 24.5. The molecule has 0 aromatic heterocycles. The molecule has 3 N–H and O–H groups in total. The summed E-state index contributed by atoms with van der Waals surface area (Å²) >= 11 is 0. The van der Waals surface area contributed by atoms with E-state index in [1.165, 1.54) is 19.3 Å². The predicted octanol–water partition coefficient (Wildman–Crippen LogP) is -0.0761. The van der Waals surface area contributed by atoms with Crippen LogP contribution in [-0.4, -0.2) is 22.7 Å². The van der Waals surface area contributed by atoms with E-state index >= 15 is 0 Å². The molecule has 0 fully saturated rings. The van der Waals surface area contributed by atoms with Gasteiger partial charge in [0, 0.05) is 5.97 Å². The van der Waals surface area contributed by atoms with Gasteiger partial charge in [-0.3, -0.25) is 0 Å². The quantitative estimate of drug-likeness (QED) is 0.257. The third-order valence-electron chi connectivity index (χ3n) is 3.72. The van der Waals surface area contributed by atoms with Crippen LogP contribution in [0.25, 0.3) is 0 Å². The molecule has 23 heavy (non-hydrogen) atoms. The Bertz CT molecular complexity index is 270. The molecule has 0 aliphatic heterocycles. The topological polar surface area (TPSA) is 91.9 Å². The number of unbranched alkanes of at least 4 members (excludes halogenated alkanes) is 8. The number of aliphatic hydroxyl groups is 1. The van der Waals surface area contributed by atoms with Gasteiger partial charge in [-0.15, -0.1) is 0 Å². The van der Waals surface area contributed by atoms with E-state index < -0.39 is 5.97 Å². The third-order valence-corrected chi connectivity index (χ3v) is 3.72. The average Bonchev–Trinajstić information content (AvgIpc) is 2.45. The zero-order valence-electron chi connectivity index (χ0n) is 15.2. The Kier molecular flexibility index (Phi) is 26.9. The summed E-state index contributed by atoms with van der Waals surface area (Å²) in [4.78, 5) is 10.2. The summed E-state index contributed by atoms with van der Waals surface area (Å²) in [6, 6.07) is 0. The summed E-state index contributed by atoms with van der Waals surface area (Å²) in [7, 11) is 0. The maximum Gasteiger partial charge on any atom is 1.00 e. The first-order valence-electron chi connectivity index (χ1n) is 8.69. The predicted molar refractivity (Wildman–Crippen MR) is 89.5 cm³/mol. The van der Waals surface area contributed by atoms with Crippen molar-refractivity contribution in [2.75, 3.05) is 0 Å². The molecule has 4 nitrogen and oxygen atoms in total. The number of rotatable bonds is 15. The van der Waals surface area contributed by atoms with Gasteiger partial charge in [0.15, 0.2) is 0 Å². The zero-order chi connectivity index (χ0) is 15.8. The first-order chi connectivity index (χ1) is 10.2. The van der Waals surface area contributed by atoms with Crippen LogP contribution >= 0.6 is 0 Å². The van der Waals surface area contributed by atoms with Crippen molar-refractivity contribution in [2.24, 2.45) is 0 Å². The number of hydrogen-bond donors (Lipinski definition) is 1. The minimum Gasteiger partial charge on any atom is -0.550 e. The number of aliphatic carboxylic acids is 1. The summed E-state index contributed by atoms with van der Waals surface area (Å²) in [5.74, 6) is -0.939. The van der Waals surface area contributed by atoms with Crippen LogP contribution in [-0.2, 0) is 4.79 Å². The Balaban J connectivity index is -0.00000200. The molecular weight excluding hydrogens is 303 g/mol. The fourth-order valence-electron chi connectivity index (χ4n) is 2.36. The first kappa shape index (κ1) is 28.0. The maximum absolute atomic E-state index is 10.2. The van der Waals surface area contributed by atoms with E-state index in [-0.39, 0.29) is 47.6 Å². The van der Waals surface area contributed by atoms with E-state index in [2.05, 4.69) is 19.1 Å². The van der Waals surface area contributed by atoms with E-state index in [1.54, 1.807) is 0 Å². The molecule has 0 aliphatic carbocycles. The Labute approximate surface area is 164 Å². The van der Waals surface area contributed by atoms with Gasteiger partial charge >= 0.3 is 29.6 Å².